The molecular formula is C42H49ClN4O7. The average molecular weight is 757 g/mol. The minimum Gasteiger partial charge on any atom is -0.493 e. The van der Waals surface area contributed by atoms with Gasteiger partial charge in [0, 0.05) is 23.3 Å². The van der Waals surface area contributed by atoms with E-state index in [2.05, 4.69) is 43.2 Å². The number of oxazole rings is 1. The Labute approximate surface area is 322 Å². The first kappa shape index (κ1) is 41.3. The Morgan fingerprint density at radius 1 is 0.889 bits per heavy atom. The Kier molecular flexibility index (Phi) is 15.0. The van der Waals surface area contributed by atoms with E-state index in [1.807, 2.05) is 48.5 Å². The highest BCUT2D eigenvalue weighted by Crippen LogP contribution is 2.40. The number of aromatic nitrogens is 1. The molecule has 286 valence electrons. The number of anilines is 1. The van der Waals surface area contributed by atoms with E-state index in [4.69, 9.17) is 35.0 Å². The van der Waals surface area contributed by atoms with Gasteiger partial charge in [-0.1, -0.05) is 55.8 Å². The lowest BCUT2D eigenvalue weighted by Gasteiger charge is -2.32. The first-order valence-electron chi connectivity index (χ1n) is 17.7. The summed E-state index contributed by atoms with van der Waals surface area (Å²) in [7, 11) is 8.67. The van der Waals surface area contributed by atoms with Gasteiger partial charge in [-0.25, -0.2) is 4.79 Å². The average Bonchev–Trinajstić information content (AvgIpc) is 3.48. The van der Waals surface area contributed by atoms with Crippen molar-refractivity contribution in [2.24, 2.45) is 5.92 Å². The molecule has 4 aromatic carbocycles. The molecule has 0 fully saturated rings. The molecule has 1 aromatic heterocycles. The van der Waals surface area contributed by atoms with Crippen molar-refractivity contribution < 1.29 is 28.2 Å². The predicted octanol–water partition coefficient (Wildman–Crippen LogP) is 7.98. The van der Waals surface area contributed by atoms with Gasteiger partial charge in [-0.2, -0.15) is 5.26 Å². The summed E-state index contributed by atoms with van der Waals surface area (Å²) in [5.74, 6) is 2.10. The summed E-state index contributed by atoms with van der Waals surface area (Å²) in [4.78, 5) is 26.1. The second-order valence-electron chi connectivity index (χ2n) is 13.1. The van der Waals surface area contributed by atoms with Crippen molar-refractivity contribution in [2.75, 3.05) is 53.9 Å². The fourth-order valence-electron chi connectivity index (χ4n) is 6.28. The lowest BCUT2D eigenvalue weighted by atomic mass is 9.69. The van der Waals surface area contributed by atoms with E-state index in [9.17, 15) is 14.9 Å². The number of benzene rings is 4. The highest BCUT2D eigenvalue weighted by atomic mass is 35.5. The van der Waals surface area contributed by atoms with Crippen molar-refractivity contribution in [3.63, 3.8) is 0 Å². The van der Waals surface area contributed by atoms with E-state index in [1.54, 1.807) is 58.8 Å². The number of ether oxygens (including phenoxy) is 4. The Morgan fingerprint density at radius 3 is 2.17 bits per heavy atom. The van der Waals surface area contributed by atoms with Crippen LogP contribution in [0.4, 0.5) is 5.69 Å². The van der Waals surface area contributed by atoms with Crippen molar-refractivity contribution in [1.29, 1.82) is 5.26 Å². The molecule has 1 amide bonds. The molecule has 0 aliphatic carbocycles. The van der Waals surface area contributed by atoms with Crippen LogP contribution >= 0.6 is 11.6 Å². The number of methoxy groups -OCH3 is 4. The SMILES string of the molecule is COc1ccc(CCN(C)CCCC(C#N)(c2ccc(OC)c(OC)c2)C(C)C)cc1OC.O=C(Cn1c(=O)oc2cc(Cl)ccc21)Nc1ccccc1. The minimum absolute atomic E-state index is 0.123. The molecule has 0 saturated heterocycles. The largest absolute Gasteiger partial charge is 0.493 e. The van der Waals surface area contributed by atoms with Gasteiger partial charge in [-0.3, -0.25) is 9.36 Å². The van der Waals surface area contributed by atoms with Gasteiger partial charge >= 0.3 is 5.76 Å². The van der Waals surface area contributed by atoms with Crippen molar-refractivity contribution >= 4 is 34.3 Å². The number of para-hydroxylation sites is 1. The number of amides is 1. The predicted molar refractivity (Wildman–Crippen MR) is 212 cm³/mol. The van der Waals surface area contributed by atoms with Crippen LogP contribution in [-0.2, 0) is 23.2 Å². The van der Waals surface area contributed by atoms with Crippen LogP contribution in [0.2, 0.25) is 5.02 Å². The van der Waals surface area contributed by atoms with E-state index >= 15 is 0 Å². The maximum atomic E-state index is 12.0. The van der Waals surface area contributed by atoms with Gasteiger partial charge in [0.2, 0.25) is 5.91 Å². The van der Waals surface area contributed by atoms with Gasteiger partial charge in [0.05, 0.1) is 45.4 Å². The van der Waals surface area contributed by atoms with E-state index in [0.717, 1.165) is 49.4 Å². The molecule has 5 rings (SSSR count). The fourth-order valence-corrected chi connectivity index (χ4v) is 6.44. The zero-order valence-electron chi connectivity index (χ0n) is 32.0. The normalized spacial score (nSPS) is 12.0. The number of carbonyl (C=O) groups is 1. The lowest BCUT2D eigenvalue weighted by Crippen LogP contribution is -2.32. The molecule has 1 unspecified atom stereocenters. The fraction of sp³-hybridized carbons (Fsp3) is 0.357. The number of fused-ring (bicyclic) bond motifs is 1. The summed E-state index contributed by atoms with van der Waals surface area (Å²) < 4.78 is 27.9. The molecule has 0 radical (unpaired) electrons. The number of likely N-dealkylation sites (N-methyl/N-ethyl adjacent to an activating group) is 1. The van der Waals surface area contributed by atoms with Crippen molar-refractivity contribution in [1.82, 2.24) is 9.47 Å². The number of nitrogens with zero attached hydrogens (tertiary/aromatic N) is 3. The van der Waals surface area contributed by atoms with E-state index in [0.29, 0.717) is 33.3 Å². The number of rotatable bonds is 16. The first-order valence-corrected chi connectivity index (χ1v) is 18.0. The van der Waals surface area contributed by atoms with Crippen molar-refractivity contribution in [3.05, 3.63) is 112 Å². The molecule has 0 saturated carbocycles. The molecule has 1 heterocycles. The standard InChI is InChI=1S/C27H38N2O4.C15H11ClN2O3/c1-20(2)27(19-28,22-10-12-24(31-5)26(18-22)33-7)14-8-15-29(3)16-13-21-9-11-23(30-4)25(17-21)32-6;16-10-6-7-12-13(8-10)21-15(20)18(12)9-14(19)17-11-4-2-1-3-5-11/h9-12,17-18,20H,8,13-16H2,1-7H3;1-8H,9H2,(H,17,19). The molecule has 1 N–H and O–H groups in total. The number of nitrogens with one attached hydrogen (secondary N) is 1. The topological polar surface area (TPSA) is 128 Å². The zero-order chi connectivity index (χ0) is 39.3. The molecule has 11 nitrogen and oxygen atoms in total. The molecule has 0 spiro atoms. The number of halogens is 1. The second-order valence-corrected chi connectivity index (χ2v) is 13.6. The summed E-state index contributed by atoms with van der Waals surface area (Å²) >= 11 is 5.84. The summed E-state index contributed by atoms with van der Waals surface area (Å²) in [6.45, 7) is 5.94. The third kappa shape index (κ3) is 10.4. The summed E-state index contributed by atoms with van der Waals surface area (Å²) in [5.41, 5.74) is 3.17. The van der Waals surface area contributed by atoms with Gasteiger partial charge < -0.3 is 33.6 Å². The van der Waals surface area contributed by atoms with Crippen LogP contribution in [0, 0.1) is 17.2 Å². The number of hydrogen-bond acceptors (Lipinski definition) is 9. The monoisotopic (exact) mass is 756 g/mol. The Morgan fingerprint density at radius 2 is 1.54 bits per heavy atom. The van der Waals surface area contributed by atoms with Crippen molar-refractivity contribution in [2.45, 2.75) is 45.1 Å². The Bertz CT molecular complexity index is 2090. The molecule has 0 aliphatic heterocycles. The number of hydrogen-bond donors (Lipinski definition) is 1. The third-order valence-corrected chi connectivity index (χ3v) is 9.65. The molecule has 54 heavy (non-hydrogen) atoms. The quantitative estimate of drug-likeness (QED) is 0.107. The van der Waals surface area contributed by atoms with Gasteiger partial charge in [-0.15, -0.1) is 0 Å². The number of carbonyl (C=O) groups excluding carboxylic acids is 1. The number of nitriles is 1. The summed E-state index contributed by atoms with van der Waals surface area (Å²) in [6, 6.07) is 28.4. The molecule has 12 heteroatoms. The lowest BCUT2D eigenvalue weighted by molar-refractivity contribution is -0.116. The highest BCUT2D eigenvalue weighted by molar-refractivity contribution is 6.31. The van der Waals surface area contributed by atoms with Gasteiger partial charge in [0.1, 0.15) is 6.54 Å². The Hall–Kier alpha value is -5.44. The van der Waals surface area contributed by atoms with E-state index < -0.39 is 11.2 Å². The van der Waals surface area contributed by atoms with E-state index in [-0.39, 0.29) is 18.4 Å². The van der Waals surface area contributed by atoms with Gasteiger partial charge in [0.25, 0.3) is 0 Å². The van der Waals surface area contributed by atoms with Crippen LogP contribution in [0.15, 0.2) is 94.1 Å². The van der Waals surface area contributed by atoms with Crippen LogP contribution in [-0.4, -0.2) is 64.0 Å². The Balaban J connectivity index is 0.000000264. The van der Waals surface area contributed by atoms with Gasteiger partial charge in [-0.05, 0) is 98.4 Å². The van der Waals surface area contributed by atoms with Crippen molar-refractivity contribution in [3.8, 4) is 29.1 Å². The van der Waals surface area contributed by atoms with Crippen LogP contribution in [0.1, 0.15) is 37.8 Å². The molecule has 0 aliphatic rings. The highest BCUT2D eigenvalue weighted by Gasteiger charge is 2.36. The van der Waals surface area contributed by atoms with Gasteiger partial charge in [0.15, 0.2) is 28.6 Å². The van der Waals surface area contributed by atoms with Crippen LogP contribution < -0.4 is 30.0 Å². The summed E-state index contributed by atoms with van der Waals surface area (Å²) in [5, 5.41) is 13.4. The molecular weight excluding hydrogens is 708 g/mol. The third-order valence-electron chi connectivity index (χ3n) is 9.41. The first-order chi connectivity index (χ1) is 26.0. The zero-order valence-corrected chi connectivity index (χ0v) is 32.7. The summed E-state index contributed by atoms with van der Waals surface area (Å²) in [6.07, 6.45) is 2.61. The second kappa shape index (κ2) is 19.6. The smallest absolute Gasteiger partial charge is 0.420 e. The van der Waals surface area contributed by atoms with Crippen LogP contribution in [0.25, 0.3) is 11.1 Å². The molecule has 1 atom stereocenters. The molecule has 0 bridgehead atoms. The van der Waals surface area contributed by atoms with E-state index in [1.165, 1.54) is 10.1 Å². The molecule has 5 aromatic rings. The maximum Gasteiger partial charge on any atom is 0.420 e. The maximum absolute atomic E-state index is 12.0. The van der Waals surface area contributed by atoms with Crippen LogP contribution in [0.3, 0.4) is 0 Å². The minimum atomic E-state index is -0.588. The van der Waals surface area contributed by atoms with Crippen LogP contribution in [0.5, 0.6) is 23.0 Å².